The van der Waals surface area contributed by atoms with Crippen molar-refractivity contribution in [3.63, 3.8) is 0 Å². The Hall–Kier alpha value is -1.53. The topological polar surface area (TPSA) is 92.4 Å². The smallest absolute Gasteiger partial charge is 0.345 e. The van der Waals surface area contributed by atoms with Crippen LogP contribution in [0.5, 0.6) is 0 Å². The molecular weight excluding hydrogens is 240 g/mol. The van der Waals surface area contributed by atoms with Crippen LogP contribution in [0, 0.1) is 0 Å². The van der Waals surface area contributed by atoms with Crippen molar-refractivity contribution in [2.75, 3.05) is 5.75 Å². The van der Waals surface area contributed by atoms with E-state index in [2.05, 4.69) is 5.32 Å². The van der Waals surface area contributed by atoms with Crippen LogP contribution in [0.2, 0.25) is 0 Å². The fourth-order valence-electron chi connectivity index (χ4n) is 1.18. The molecule has 0 fully saturated rings. The zero-order valence-corrected chi connectivity index (χ0v) is 10.2. The molecular formula is C11H14N2O3S. The summed E-state index contributed by atoms with van der Waals surface area (Å²) in [5, 5.41) is 11.3. The number of aliphatic carboxylic acids is 1. The Kier molecular flexibility index (Phi) is 4.53. The first-order valence-electron chi connectivity index (χ1n) is 4.93. The minimum absolute atomic E-state index is 0.0614. The summed E-state index contributed by atoms with van der Waals surface area (Å²) >= 11 is 1.28. The summed E-state index contributed by atoms with van der Waals surface area (Å²) in [7, 11) is 0. The quantitative estimate of drug-likeness (QED) is 0.530. The SMILES string of the molecule is CC(=O)NC(N)(CSc1ccccc1)C(=O)O. The summed E-state index contributed by atoms with van der Waals surface area (Å²) in [5.74, 6) is -1.66. The second kappa shape index (κ2) is 5.70. The maximum atomic E-state index is 11.0. The summed E-state index contributed by atoms with van der Waals surface area (Å²) in [6.07, 6.45) is 0. The maximum absolute atomic E-state index is 11.0. The summed E-state index contributed by atoms with van der Waals surface area (Å²) in [4.78, 5) is 22.8. The summed E-state index contributed by atoms with van der Waals surface area (Å²) in [6, 6.07) is 9.26. The molecule has 1 amide bonds. The Morgan fingerprint density at radius 2 is 2.00 bits per heavy atom. The molecule has 4 N–H and O–H groups in total. The van der Waals surface area contributed by atoms with Crippen molar-refractivity contribution in [2.24, 2.45) is 5.73 Å². The minimum atomic E-state index is -1.74. The number of carbonyl (C=O) groups excluding carboxylic acids is 1. The van der Waals surface area contributed by atoms with Gasteiger partial charge in [-0.2, -0.15) is 0 Å². The lowest BCUT2D eigenvalue weighted by atomic mass is 10.2. The van der Waals surface area contributed by atoms with Crippen LogP contribution in [0.15, 0.2) is 35.2 Å². The average Bonchev–Trinajstić information content (AvgIpc) is 2.27. The molecule has 0 bridgehead atoms. The summed E-state index contributed by atoms with van der Waals surface area (Å²) in [6.45, 7) is 1.23. The van der Waals surface area contributed by atoms with Crippen molar-refractivity contribution >= 4 is 23.6 Å². The van der Waals surface area contributed by atoms with Crippen LogP contribution in [0.3, 0.4) is 0 Å². The van der Waals surface area contributed by atoms with Crippen molar-refractivity contribution in [1.29, 1.82) is 0 Å². The van der Waals surface area contributed by atoms with Crippen molar-refractivity contribution in [2.45, 2.75) is 17.5 Å². The third-order valence-corrected chi connectivity index (χ3v) is 3.20. The Morgan fingerprint density at radius 3 is 2.47 bits per heavy atom. The van der Waals surface area contributed by atoms with E-state index in [-0.39, 0.29) is 5.75 Å². The van der Waals surface area contributed by atoms with Gasteiger partial charge in [0, 0.05) is 17.6 Å². The molecule has 92 valence electrons. The molecule has 17 heavy (non-hydrogen) atoms. The van der Waals surface area contributed by atoms with Crippen LogP contribution in [0.1, 0.15) is 6.92 Å². The third kappa shape index (κ3) is 4.08. The Morgan fingerprint density at radius 1 is 1.41 bits per heavy atom. The lowest BCUT2D eigenvalue weighted by Gasteiger charge is -2.24. The summed E-state index contributed by atoms with van der Waals surface area (Å²) < 4.78 is 0. The van der Waals surface area contributed by atoms with E-state index in [4.69, 9.17) is 10.8 Å². The first-order chi connectivity index (χ1) is 7.94. The van der Waals surface area contributed by atoms with E-state index < -0.39 is 17.5 Å². The molecule has 0 heterocycles. The minimum Gasteiger partial charge on any atom is -0.478 e. The van der Waals surface area contributed by atoms with E-state index in [1.165, 1.54) is 18.7 Å². The molecule has 1 unspecified atom stereocenters. The van der Waals surface area contributed by atoms with Crippen molar-refractivity contribution < 1.29 is 14.7 Å². The second-order valence-electron chi connectivity index (χ2n) is 3.56. The predicted octanol–water partition coefficient (Wildman–Crippen LogP) is 0.654. The third-order valence-electron chi connectivity index (χ3n) is 1.99. The van der Waals surface area contributed by atoms with Crippen LogP contribution in [0.25, 0.3) is 0 Å². The molecule has 0 spiro atoms. The zero-order valence-electron chi connectivity index (χ0n) is 9.34. The summed E-state index contributed by atoms with van der Waals surface area (Å²) in [5.41, 5.74) is 3.89. The monoisotopic (exact) mass is 254 g/mol. The standard InChI is InChI=1S/C11H14N2O3S/c1-8(14)13-11(12,10(15)16)7-17-9-5-3-2-4-6-9/h2-6H,7,12H2,1H3,(H,13,14)(H,15,16). The van der Waals surface area contributed by atoms with Crippen molar-refractivity contribution in [3.05, 3.63) is 30.3 Å². The Labute approximate surface area is 103 Å². The first-order valence-corrected chi connectivity index (χ1v) is 5.91. The van der Waals surface area contributed by atoms with Gasteiger partial charge in [0.15, 0.2) is 5.66 Å². The number of nitrogens with one attached hydrogen (secondary N) is 1. The predicted molar refractivity (Wildman–Crippen MR) is 65.5 cm³/mol. The van der Waals surface area contributed by atoms with Gasteiger partial charge >= 0.3 is 5.97 Å². The molecule has 0 saturated carbocycles. The fraction of sp³-hybridized carbons (Fsp3) is 0.273. The highest BCUT2D eigenvalue weighted by Gasteiger charge is 2.34. The number of benzene rings is 1. The van der Waals surface area contributed by atoms with Gasteiger partial charge in [-0.25, -0.2) is 4.79 Å². The van der Waals surface area contributed by atoms with Gasteiger partial charge in [0.25, 0.3) is 0 Å². The number of amides is 1. The second-order valence-corrected chi connectivity index (χ2v) is 4.61. The lowest BCUT2D eigenvalue weighted by Crippen LogP contribution is -2.63. The van der Waals surface area contributed by atoms with E-state index in [1.54, 1.807) is 0 Å². The maximum Gasteiger partial charge on any atom is 0.345 e. The number of hydrogen-bond donors (Lipinski definition) is 3. The van der Waals surface area contributed by atoms with Gasteiger partial charge in [0.1, 0.15) is 0 Å². The number of carboxylic acid groups (broad SMARTS) is 1. The van der Waals surface area contributed by atoms with Gasteiger partial charge in [-0.1, -0.05) is 18.2 Å². The molecule has 0 aliphatic rings. The van der Waals surface area contributed by atoms with Gasteiger partial charge in [-0.05, 0) is 12.1 Å². The largest absolute Gasteiger partial charge is 0.478 e. The number of thioether (sulfide) groups is 1. The van der Waals surface area contributed by atoms with E-state index >= 15 is 0 Å². The lowest BCUT2D eigenvalue weighted by molar-refractivity contribution is -0.146. The Bertz CT molecular complexity index is 410. The van der Waals surface area contributed by atoms with E-state index in [0.717, 1.165) is 4.90 Å². The van der Waals surface area contributed by atoms with E-state index in [9.17, 15) is 9.59 Å². The highest BCUT2D eigenvalue weighted by atomic mass is 32.2. The average molecular weight is 254 g/mol. The molecule has 0 aromatic heterocycles. The van der Waals surface area contributed by atoms with Crippen LogP contribution in [-0.2, 0) is 9.59 Å². The van der Waals surface area contributed by atoms with Crippen molar-refractivity contribution in [3.8, 4) is 0 Å². The molecule has 0 saturated heterocycles. The first kappa shape index (κ1) is 13.5. The molecule has 5 nitrogen and oxygen atoms in total. The molecule has 1 rings (SSSR count). The van der Waals surface area contributed by atoms with Gasteiger partial charge < -0.3 is 10.4 Å². The van der Waals surface area contributed by atoms with Gasteiger partial charge in [-0.3, -0.25) is 10.5 Å². The molecule has 0 aliphatic carbocycles. The highest BCUT2D eigenvalue weighted by Crippen LogP contribution is 2.20. The van der Waals surface area contributed by atoms with Gasteiger partial charge in [0.05, 0.1) is 0 Å². The van der Waals surface area contributed by atoms with Crippen LogP contribution >= 0.6 is 11.8 Å². The van der Waals surface area contributed by atoms with E-state index in [1.807, 2.05) is 30.3 Å². The number of rotatable bonds is 5. The molecule has 1 atom stereocenters. The molecule has 0 aliphatic heterocycles. The molecule has 1 aromatic carbocycles. The Balaban J connectivity index is 2.68. The van der Waals surface area contributed by atoms with E-state index in [0.29, 0.717) is 0 Å². The van der Waals surface area contributed by atoms with Crippen molar-refractivity contribution in [1.82, 2.24) is 5.32 Å². The molecule has 0 radical (unpaired) electrons. The number of hydrogen-bond acceptors (Lipinski definition) is 4. The fourth-order valence-corrected chi connectivity index (χ4v) is 2.12. The van der Waals surface area contributed by atoms with Crippen LogP contribution < -0.4 is 11.1 Å². The molecule has 6 heteroatoms. The zero-order chi connectivity index (χ0) is 12.9. The number of carboxylic acids is 1. The normalized spacial score (nSPS) is 13.8. The number of carbonyl (C=O) groups is 2. The molecule has 1 aromatic rings. The van der Waals surface area contributed by atoms with Crippen LogP contribution in [-0.4, -0.2) is 28.4 Å². The van der Waals surface area contributed by atoms with Gasteiger partial charge in [-0.15, -0.1) is 11.8 Å². The van der Waals surface area contributed by atoms with Crippen LogP contribution in [0.4, 0.5) is 0 Å². The number of nitrogens with two attached hydrogens (primary N) is 1. The highest BCUT2D eigenvalue weighted by molar-refractivity contribution is 7.99. The van der Waals surface area contributed by atoms with Gasteiger partial charge in [0.2, 0.25) is 5.91 Å².